The third kappa shape index (κ3) is 23.4. The van der Waals surface area contributed by atoms with Crippen LogP contribution in [0.2, 0.25) is 0 Å². The van der Waals surface area contributed by atoms with Crippen LogP contribution in [0.15, 0.2) is 78.0 Å². The molecule has 1 fully saturated rings. The van der Waals surface area contributed by atoms with Crippen molar-refractivity contribution in [1.82, 2.24) is 35.4 Å². The van der Waals surface area contributed by atoms with Gasteiger partial charge in [-0.1, -0.05) is 30.5 Å². The lowest BCUT2D eigenvalue weighted by Crippen LogP contribution is -2.54. The molecule has 2 aromatic carbocycles. The highest BCUT2D eigenvalue weighted by Gasteiger charge is 2.54. The number of nitrogens with one attached hydrogen (secondary N) is 4. The van der Waals surface area contributed by atoms with Crippen LogP contribution in [-0.4, -0.2) is 219 Å². The maximum absolute atomic E-state index is 17.5. The molecule has 0 spiro atoms. The number of hydroxylamine groups is 2. The van der Waals surface area contributed by atoms with Gasteiger partial charge in [-0.15, -0.1) is 0 Å². The summed E-state index contributed by atoms with van der Waals surface area (Å²) in [5.74, 6) is -2.63. The van der Waals surface area contributed by atoms with Gasteiger partial charge in [0.15, 0.2) is 22.9 Å². The molecule has 2 aromatic heterocycles. The maximum Gasteiger partial charge on any atom is 0.737 e. The topological polar surface area (TPSA) is 312 Å². The van der Waals surface area contributed by atoms with Crippen LogP contribution in [0, 0.1) is 17.0 Å². The minimum atomic E-state index is -4.49. The Morgan fingerprint density at radius 3 is 2.10 bits per heavy atom. The highest BCUT2D eigenvalue weighted by atomic mass is 32.2. The number of amides is 5. The van der Waals surface area contributed by atoms with E-state index in [-0.39, 0.29) is 86.2 Å². The van der Waals surface area contributed by atoms with Crippen LogP contribution in [0.25, 0.3) is 23.5 Å². The number of unbranched alkanes of at least 4 members (excludes halogenated alkanes) is 3. The van der Waals surface area contributed by atoms with E-state index in [1.54, 1.807) is 61.7 Å². The minimum absolute atomic E-state index is 0.0215. The number of nitrogens with zero attached hydrogens (tertiary/aromatic N) is 7. The first-order valence-corrected chi connectivity index (χ1v) is 36.0. The largest absolute Gasteiger partial charge is 0.737 e. The zero-order valence-corrected chi connectivity index (χ0v) is 60.8. The lowest BCUT2D eigenvalue weighted by Gasteiger charge is -2.31. The predicted molar refractivity (Wildman–Crippen MR) is 378 cm³/mol. The van der Waals surface area contributed by atoms with E-state index in [0.717, 1.165) is 65.1 Å². The van der Waals surface area contributed by atoms with Gasteiger partial charge in [-0.25, -0.2) is 4.79 Å². The van der Waals surface area contributed by atoms with Gasteiger partial charge in [-0.2, -0.15) is 8.42 Å². The van der Waals surface area contributed by atoms with Gasteiger partial charge in [0.25, 0.3) is 27.6 Å². The number of ether oxygens (including phenoxy) is 4. The molecule has 27 nitrogen and oxygen atoms in total. The molecule has 5 N–H and O–H groups in total. The van der Waals surface area contributed by atoms with Crippen molar-refractivity contribution < 1.29 is 92.5 Å². The van der Waals surface area contributed by atoms with Crippen LogP contribution >= 0.6 is 0 Å². The Hall–Kier alpha value is -8.78. The van der Waals surface area contributed by atoms with Crippen LogP contribution in [0.4, 0.5) is 19.1 Å². The molecule has 3 atom stereocenters. The van der Waals surface area contributed by atoms with Gasteiger partial charge in [0.05, 0.1) is 97.1 Å². The van der Waals surface area contributed by atoms with Gasteiger partial charge >= 0.3 is 13.1 Å². The highest BCUT2D eigenvalue weighted by molar-refractivity contribution is 7.85. The normalized spacial score (nSPS) is 15.4. The first-order chi connectivity index (χ1) is 47.6. The molecule has 3 aliphatic heterocycles. The molecule has 5 amide bonds. The predicted octanol–water partition coefficient (Wildman–Crippen LogP) is 8.69. The second-order valence-electron chi connectivity index (χ2n) is 27.9. The molecule has 101 heavy (non-hydrogen) atoms. The molecular formula is C70H100BF2N11O16S+2. The third-order valence-corrected chi connectivity index (χ3v) is 18.3. The zero-order valence-electron chi connectivity index (χ0n) is 59.9. The summed E-state index contributed by atoms with van der Waals surface area (Å²) in [5, 5.41) is 21.4. The summed E-state index contributed by atoms with van der Waals surface area (Å²) in [4.78, 5) is 99.7. The number of methoxy groups -OCH3 is 1. The van der Waals surface area contributed by atoms with Crippen molar-refractivity contribution in [1.29, 1.82) is 0 Å². The number of rotatable bonds is 41. The van der Waals surface area contributed by atoms with E-state index in [0.29, 0.717) is 99.6 Å². The van der Waals surface area contributed by atoms with Crippen molar-refractivity contribution in [3.8, 4) is 28.6 Å². The molecule has 3 unspecified atom stereocenters. The lowest BCUT2D eigenvalue weighted by atomic mass is 9.88. The summed E-state index contributed by atoms with van der Waals surface area (Å²) in [5.41, 5.74) is 4.07. The number of allylic oxidation sites excluding steroid dienone is 3. The fourth-order valence-electron chi connectivity index (χ4n) is 12.1. The van der Waals surface area contributed by atoms with Crippen LogP contribution in [0.5, 0.6) is 17.2 Å². The van der Waals surface area contributed by atoms with Crippen molar-refractivity contribution in [2.24, 2.45) is 0 Å². The average Bonchev–Trinajstić information content (AvgIpc) is 1.53. The van der Waals surface area contributed by atoms with E-state index >= 15 is 8.63 Å². The molecule has 0 radical (unpaired) electrons. The molecular weight excluding hydrogens is 1330 g/mol. The van der Waals surface area contributed by atoms with Gasteiger partial charge in [-0.05, 0) is 145 Å². The Labute approximate surface area is 590 Å². The summed E-state index contributed by atoms with van der Waals surface area (Å²) in [7, 11) is 11.2. The number of fused-ring (bicyclic) bond motifs is 2. The Morgan fingerprint density at radius 1 is 0.832 bits per heavy atom. The number of benzene rings is 2. The maximum atomic E-state index is 17.5. The molecule has 0 bridgehead atoms. The number of nitro benzene ring substituents is 1. The molecule has 552 valence electrons. The summed E-state index contributed by atoms with van der Waals surface area (Å²) in [6.07, 6.45) is 9.97. The van der Waals surface area contributed by atoms with Crippen LogP contribution < -0.4 is 30.2 Å². The fourth-order valence-corrected chi connectivity index (χ4v) is 12.6. The summed E-state index contributed by atoms with van der Waals surface area (Å²) in [6, 6.07) is 13.0. The molecule has 4 aromatic rings. The number of likely N-dealkylation sites (N-methyl/N-ethyl adjacent to an activating group) is 1. The number of aromatic amines is 1. The van der Waals surface area contributed by atoms with Crippen molar-refractivity contribution >= 4 is 76.3 Å². The average molecular weight is 1430 g/mol. The van der Waals surface area contributed by atoms with Gasteiger partial charge in [0, 0.05) is 79.8 Å². The van der Waals surface area contributed by atoms with Gasteiger partial charge in [0.2, 0.25) is 17.7 Å². The van der Waals surface area contributed by atoms with E-state index in [9.17, 15) is 51.9 Å². The number of aromatic nitrogens is 2. The molecule has 3 aliphatic rings. The van der Waals surface area contributed by atoms with E-state index in [1.807, 2.05) is 30.9 Å². The second kappa shape index (κ2) is 35.7. The number of carbonyl (C=O) groups excluding carboxylic acids is 6. The van der Waals surface area contributed by atoms with Crippen molar-refractivity contribution in [2.45, 2.75) is 135 Å². The third-order valence-electron chi connectivity index (χ3n) is 17.5. The molecule has 7 rings (SSSR count). The number of halogens is 2. The van der Waals surface area contributed by atoms with Crippen LogP contribution in [0.3, 0.4) is 0 Å². The van der Waals surface area contributed by atoms with E-state index in [2.05, 4.69) is 63.2 Å². The van der Waals surface area contributed by atoms with E-state index < -0.39 is 81.4 Å². The second-order valence-corrected chi connectivity index (χ2v) is 29.5. The summed E-state index contributed by atoms with van der Waals surface area (Å²) < 4.78 is 94.1. The monoisotopic (exact) mass is 1430 g/mol. The highest BCUT2D eigenvalue weighted by Crippen LogP contribution is 2.43. The van der Waals surface area contributed by atoms with E-state index in [4.69, 9.17) is 23.8 Å². The van der Waals surface area contributed by atoms with Crippen molar-refractivity contribution in [3.05, 3.63) is 116 Å². The number of hydrogen-bond donors (Lipinski definition) is 5. The number of imide groups is 1. The Morgan fingerprint density at radius 2 is 1.50 bits per heavy atom. The Bertz CT molecular complexity index is 3860. The van der Waals surface area contributed by atoms with Gasteiger partial charge in [0.1, 0.15) is 30.5 Å². The SMILES string of the molecule is CCCCc1cc(-c2ccc(C)[nH]2)n2c1C=C1C(CCCS(=O)(=O)O)=CC(/C=C/c3ccc(OCCCC(=O)NC(CCCC[N+](C)(C)C)C(=O)NC(CCCC[N+](C)(C)C)C(=O)NCCN(C)CCOc4cc([N+](=O)[O-])c(C(C)OC(=O)ON5C(=O)CCC5=O)cc4OC)cc3)=[N+]1[B-]2(F)F. The molecule has 31 heteroatoms. The Kier molecular flexibility index (Phi) is 28.1. The Balaban J connectivity index is 0.944. The molecule has 1 saturated heterocycles. The molecule has 0 aliphatic carbocycles. The summed E-state index contributed by atoms with van der Waals surface area (Å²) >= 11 is 0. The number of quaternary nitrogens is 2. The number of aryl methyl sites for hydroxylation is 2. The minimum Gasteiger partial charge on any atom is -0.494 e. The lowest BCUT2D eigenvalue weighted by molar-refractivity contribution is -0.870. The van der Waals surface area contributed by atoms with Crippen LogP contribution in [0.1, 0.15) is 138 Å². The fraction of sp³-hybridized carbons (Fsp3) is 0.529. The number of nitro groups is 1. The number of carbonyl (C=O) groups is 6. The number of H-pyrrole nitrogens is 1. The first kappa shape index (κ1) is 79.5. The van der Waals surface area contributed by atoms with Gasteiger partial charge in [-0.3, -0.25) is 43.5 Å². The smallest absolute Gasteiger partial charge is 0.494 e. The van der Waals surface area contributed by atoms with Crippen molar-refractivity contribution in [2.75, 3.05) is 108 Å². The first-order valence-electron chi connectivity index (χ1n) is 34.4. The van der Waals surface area contributed by atoms with E-state index in [1.165, 1.54) is 20.1 Å². The standard InChI is InChI=1S/C70H98BF2N11O16S/c1-12-13-20-52-44-62(56-32-25-48(2)75-56)80-60(52)46-59-51(21-19-42-101(93,94)95)43-53(79(59)71(80,72)73)29-26-50-27-30-54(31-28-50)97-40-18-24-65(85)76-58(23-15-17-39-84(8,9)10)69(89)77-57(22-14-16-38-83(5,6)7)68(88)74-35-36-78(4)37-41-98-64-47-61(82(91)92)55(45-63(64)96-11)49(3)99-70(90)100-81-66(86)33-34-67(81)87/h25-32,43-47,49,57-58,75H,12-24,33-42H2,1-11H3,(H2-2,74,76,77,85,88,89,93,94,95)/p+2/b29-26+. The quantitative estimate of drug-likeness (QED) is 0.00405. The van der Waals surface area contributed by atoms with Crippen molar-refractivity contribution in [3.63, 3.8) is 0 Å². The van der Waals surface area contributed by atoms with Gasteiger partial charge < -0.3 is 71.3 Å². The number of hydrogen-bond acceptors (Lipinski definition) is 16. The molecule has 5 heterocycles. The van der Waals surface area contributed by atoms with Crippen LogP contribution in [-0.2, 0) is 50.1 Å². The summed E-state index contributed by atoms with van der Waals surface area (Å²) in [6.45, 7) is 3.42. The molecule has 0 saturated carbocycles. The zero-order chi connectivity index (χ0) is 74.0.